The minimum absolute atomic E-state index is 0.00689. The van der Waals surface area contributed by atoms with E-state index in [4.69, 9.17) is 0 Å². The van der Waals surface area contributed by atoms with Crippen molar-refractivity contribution in [1.29, 1.82) is 0 Å². The Kier molecular flexibility index (Phi) is 7.41. The largest absolute Gasteiger partial charge is 0.265 e. The number of rotatable bonds is 6. The fraction of sp³-hybridized carbons (Fsp3) is 0. The molecule has 0 bridgehead atoms. The van der Waals surface area contributed by atoms with Gasteiger partial charge in [-0.15, -0.1) is 0 Å². The number of hydrogen-bond acceptors (Lipinski definition) is 2. The van der Waals surface area contributed by atoms with Crippen molar-refractivity contribution in [3.8, 4) is 22.3 Å². The fourth-order valence-corrected chi connectivity index (χ4v) is 10.4. The second-order valence-corrected chi connectivity index (χ2v) is 13.8. The lowest BCUT2D eigenvalue weighted by atomic mass is 10.1. The van der Waals surface area contributed by atoms with Crippen LogP contribution >= 0.6 is 0 Å². The lowest BCUT2D eigenvalue weighted by molar-refractivity contribution is 0.585. The molecule has 0 unspecified atom stereocenters. The van der Waals surface area contributed by atoms with Gasteiger partial charge in [-0.25, -0.2) is 26.3 Å². The number of aromatic nitrogens is 2. The molecule has 6 aromatic rings. The van der Waals surface area contributed by atoms with Gasteiger partial charge in [-0.3, -0.25) is 9.97 Å². The standard InChI is InChI=1S/C34H20F6N2Si/c35-25-9-23(21-1-5-41-6-2-21)11-31(15-25)43(33-17-27(37)13-28(38)18-33,34-19-29(39)14-30(40)20-34)32-12-24(10-26(36)16-32)22-3-7-42-8-4-22/h1-20H. The molecule has 0 aliphatic heterocycles. The average Bonchev–Trinajstić information content (AvgIpc) is 2.97. The highest BCUT2D eigenvalue weighted by atomic mass is 28.3. The monoisotopic (exact) mass is 598 g/mol. The fourth-order valence-electron chi connectivity index (χ4n) is 5.58. The maximum Gasteiger partial charge on any atom is 0.180 e. The van der Waals surface area contributed by atoms with E-state index in [2.05, 4.69) is 9.97 Å². The molecule has 9 heteroatoms. The van der Waals surface area contributed by atoms with Crippen LogP contribution in [0.1, 0.15) is 0 Å². The summed E-state index contributed by atoms with van der Waals surface area (Å²) < 4.78 is 91.1. The first kappa shape index (κ1) is 28.1. The molecule has 2 aromatic heterocycles. The van der Waals surface area contributed by atoms with Crippen LogP contribution in [0.5, 0.6) is 0 Å². The molecule has 0 atom stereocenters. The minimum Gasteiger partial charge on any atom is -0.265 e. The van der Waals surface area contributed by atoms with E-state index in [9.17, 15) is 17.6 Å². The summed E-state index contributed by atoms with van der Waals surface area (Å²) in [5.74, 6) is -5.25. The van der Waals surface area contributed by atoms with Crippen LogP contribution in [0, 0.1) is 34.9 Å². The molecule has 0 N–H and O–H groups in total. The summed E-state index contributed by atoms with van der Waals surface area (Å²) in [5.41, 5.74) is 1.92. The molecule has 43 heavy (non-hydrogen) atoms. The van der Waals surface area contributed by atoms with Gasteiger partial charge in [0.05, 0.1) is 0 Å². The molecule has 0 radical (unpaired) electrons. The highest BCUT2D eigenvalue weighted by Gasteiger charge is 2.44. The van der Waals surface area contributed by atoms with Crippen LogP contribution in [0.3, 0.4) is 0 Å². The van der Waals surface area contributed by atoms with Gasteiger partial charge in [0.15, 0.2) is 8.07 Å². The number of benzene rings is 4. The molecule has 2 heterocycles. The van der Waals surface area contributed by atoms with Gasteiger partial charge in [0, 0.05) is 36.9 Å². The van der Waals surface area contributed by atoms with Crippen molar-refractivity contribution >= 4 is 28.8 Å². The Balaban J connectivity index is 1.80. The Morgan fingerprint density at radius 2 is 0.605 bits per heavy atom. The molecule has 4 aromatic carbocycles. The first-order chi connectivity index (χ1) is 20.7. The van der Waals surface area contributed by atoms with E-state index in [-0.39, 0.29) is 20.7 Å². The molecule has 0 spiro atoms. The highest BCUT2D eigenvalue weighted by Crippen LogP contribution is 2.24. The maximum absolute atomic E-state index is 15.6. The first-order valence-corrected chi connectivity index (χ1v) is 15.1. The van der Waals surface area contributed by atoms with Crippen LogP contribution in [0.4, 0.5) is 26.3 Å². The molecule has 0 fully saturated rings. The number of pyridine rings is 2. The van der Waals surface area contributed by atoms with Gasteiger partial charge >= 0.3 is 0 Å². The molecule has 2 nitrogen and oxygen atoms in total. The van der Waals surface area contributed by atoms with Gasteiger partial charge < -0.3 is 0 Å². The van der Waals surface area contributed by atoms with Gasteiger partial charge in [-0.2, -0.15) is 0 Å². The number of nitrogens with zero attached hydrogens (tertiary/aromatic N) is 2. The summed E-state index contributed by atoms with van der Waals surface area (Å²) in [6.45, 7) is 0. The quantitative estimate of drug-likeness (QED) is 0.133. The Bertz CT molecular complexity index is 1770. The van der Waals surface area contributed by atoms with Crippen LogP contribution in [0.15, 0.2) is 122 Å². The Morgan fingerprint density at radius 3 is 0.930 bits per heavy atom. The number of halogens is 6. The van der Waals surface area contributed by atoms with E-state index in [0.717, 1.165) is 24.3 Å². The van der Waals surface area contributed by atoms with Crippen LogP contribution in [0.25, 0.3) is 22.3 Å². The summed E-state index contributed by atoms with van der Waals surface area (Å²) in [5, 5.41) is 0.348. The molecule has 6 rings (SSSR count). The molecule has 0 saturated carbocycles. The lowest BCUT2D eigenvalue weighted by Crippen LogP contribution is -2.75. The Labute approximate surface area is 244 Å². The third-order valence-corrected chi connectivity index (χ3v) is 11.9. The van der Waals surface area contributed by atoms with Crippen molar-refractivity contribution in [2.75, 3.05) is 0 Å². The number of hydrogen-bond donors (Lipinski definition) is 0. The zero-order valence-corrected chi connectivity index (χ0v) is 23.2. The van der Waals surface area contributed by atoms with Crippen molar-refractivity contribution in [3.63, 3.8) is 0 Å². The van der Waals surface area contributed by atoms with Crippen LogP contribution in [-0.2, 0) is 0 Å². The molecular formula is C34H20F6N2Si. The van der Waals surface area contributed by atoms with Crippen LogP contribution < -0.4 is 20.7 Å². The Hall–Kier alpha value is -5.02. The summed E-state index contributed by atoms with van der Waals surface area (Å²) >= 11 is 0. The van der Waals surface area contributed by atoms with Gasteiger partial charge in [0.2, 0.25) is 0 Å². The van der Waals surface area contributed by atoms with Crippen molar-refractivity contribution in [3.05, 3.63) is 157 Å². The summed E-state index contributed by atoms with van der Waals surface area (Å²) in [6, 6.07) is 20.2. The van der Waals surface area contributed by atoms with Gasteiger partial charge in [-0.1, -0.05) is 12.1 Å². The Morgan fingerprint density at radius 1 is 0.326 bits per heavy atom. The van der Waals surface area contributed by atoms with Gasteiger partial charge in [0.25, 0.3) is 0 Å². The van der Waals surface area contributed by atoms with Gasteiger partial charge in [0.1, 0.15) is 34.9 Å². The second-order valence-electron chi connectivity index (χ2n) is 10.00. The molecular weight excluding hydrogens is 578 g/mol. The predicted octanol–water partition coefficient (Wildman–Crippen LogP) is 6.02. The molecule has 0 saturated heterocycles. The highest BCUT2D eigenvalue weighted by molar-refractivity contribution is 7.20. The van der Waals surface area contributed by atoms with Crippen LogP contribution in [-0.4, -0.2) is 18.0 Å². The summed E-state index contributed by atoms with van der Waals surface area (Å²) in [6.07, 6.45) is 6.06. The lowest BCUT2D eigenvalue weighted by Gasteiger charge is -2.35. The topological polar surface area (TPSA) is 25.8 Å². The predicted molar refractivity (Wildman–Crippen MR) is 156 cm³/mol. The van der Waals surface area contributed by atoms with E-state index in [1.807, 2.05) is 0 Å². The third-order valence-electron chi connectivity index (χ3n) is 7.28. The van der Waals surface area contributed by atoms with Gasteiger partial charge in [-0.05, 0) is 116 Å². The first-order valence-electron chi connectivity index (χ1n) is 13.1. The van der Waals surface area contributed by atoms with E-state index in [1.165, 1.54) is 49.1 Å². The third kappa shape index (κ3) is 5.47. The van der Waals surface area contributed by atoms with E-state index in [1.54, 1.807) is 36.4 Å². The summed E-state index contributed by atoms with van der Waals surface area (Å²) in [7, 11) is -4.29. The van der Waals surface area contributed by atoms with Crippen molar-refractivity contribution in [2.24, 2.45) is 0 Å². The van der Waals surface area contributed by atoms with E-state index in [0.29, 0.717) is 34.4 Å². The zero-order valence-electron chi connectivity index (χ0n) is 22.2. The molecule has 0 aliphatic rings. The van der Waals surface area contributed by atoms with E-state index < -0.39 is 43.0 Å². The zero-order chi connectivity index (χ0) is 30.1. The minimum atomic E-state index is -4.29. The second kappa shape index (κ2) is 11.3. The van der Waals surface area contributed by atoms with Crippen molar-refractivity contribution in [2.45, 2.75) is 0 Å². The molecule has 0 aliphatic carbocycles. The average molecular weight is 599 g/mol. The van der Waals surface area contributed by atoms with E-state index >= 15 is 8.78 Å². The van der Waals surface area contributed by atoms with Crippen molar-refractivity contribution in [1.82, 2.24) is 9.97 Å². The maximum atomic E-state index is 15.6. The van der Waals surface area contributed by atoms with Crippen LogP contribution in [0.2, 0.25) is 0 Å². The normalized spacial score (nSPS) is 11.5. The summed E-state index contributed by atoms with van der Waals surface area (Å²) in [4.78, 5) is 7.99. The smallest absolute Gasteiger partial charge is 0.180 e. The molecule has 0 amide bonds. The SMILES string of the molecule is Fc1cc(F)cc([Si](c2cc(F)cc(F)c2)(c2cc(F)cc(-c3ccncc3)c2)c2cc(F)cc(-c3ccncc3)c2)c1. The van der Waals surface area contributed by atoms with Crippen molar-refractivity contribution < 1.29 is 26.3 Å². The molecule has 212 valence electrons.